The van der Waals surface area contributed by atoms with Gasteiger partial charge in [-0.2, -0.15) is 5.50 Å². The molecule has 1 atom stereocenters. The molecule has 1 aromatic rings. The summed E-state index contributed by atoms with van der Waals surface area (Å²) in [6.45, 7) is 1.96. The van der Waals surface area contributed by atoms with E-state index in [1.807, 2.05) is 37.1 Å². The lowest BCUT2D eigenvalue weighted by molar-refractivity contribution is 1.19. The van der Waals surface area contributed by atoms with Gasteiger partial charge < -0.3 is 11.1 Å². The Morgan fingerprint density at radius 3 is 2.84 bits per heavy atom. The number of allylic oxidation sites excluding steroid dienone is 4. The molecule has 0 saturated carbocycles. The van der Waals surface area contributed by atoms with Gasteiger partial charge in [-0.25, -0.2) is 0 Å². The van der Waals surface area contributed by atoms with Crippen LogP contribution in [0.5, 0.6) is 0 Å². The molecule has 0 spiro atoms. The number of hydrogen-bond acceptors (Lipinski definition) is 4. The molecule has 5 N–H and O–H groups in total. The molecule has 0 fully saturated rings. The van der Waals surface area contributed by atoms with Crippen molar-refractivity contribution in [3.05, 3.63) is 58.1 Å². The monoisotopic (exact) mass is 271 g/mol. The number of hydrogen-bond donors (Lipinski definition) is 3. The summed E-state index contributed by atoms with van der Waals surface area (Å²) in [6.07, 6.45) is 5.97. The topological polar surface area (TPSA) is 88.8 Å². The maximum absolute atomic E-state index is 7.49. The summed E-state index contributed by atoms with van der Waals surface area (Å²) in [5.41, 5.74) is 17.2. The van der Waals surface area contributed by atoms with Gasteiger partial charge in [-0.05, 0) is 19.1 Å². The second-order valence-corrected chi connectivity index (χ2v) is 7.86. The fourth-order valence-electron chi connectivity index (χ4n) is 2.62. The molecular weight excluding hydrogens is 255 g/mol. The molecule has 1 aromatic heterocycles. The van der Waals surface area contributed by atoms with Gasteiger partial charge in [-0.1, -0.05) is 6.07 Å². The van der Waals surface area contributed by atoms with Crippen molar-refractivity contribution in [3.8, 4) is 0 Å². The van der Waals surface area contributed by atoms with Crippen LogP contribution in [0.25, 0.3) is 5.57 Å². The van der Waals surface area contributed by atoms with Crippen molar-refractivity contribution in [2.75, 3.05) is 6.16 Å². The van der Waals surface area contributed by atoms with Crippen LogP contribution < -0.4 is 11.2 Å². The molecule has 5 heteroatoms. The van der Waals surface area contributed by atoms with Gasteiger partial charge >= 0.3 is 0 Å². The van der Waals surface area contributed by atoms with Crippen LogP contribution in [0.4, 0.5) is 0 Å². The fraction of sp³-hybridized carbons (Fsp3) is 0.143. The molecular formula is C14H16N4P+. The van der Waals surface area contributed by atoms with Crippen LogP contribution in [0, 0.1) is 12.3 Å². The number of fused-ring (bicyclic) bond motifs is 1. The van der Waals surface area contributed by atoms with E-state index in [0.29, 0.717) is 0 Å². The molecule has 2 aliphatic heterocycles. The van der Waals surface area contributed by atoms with Gasteiger partial charge in [0.25, 0.3) is 0 Å². The van der Waals surface area contributed by atoms with E-state index in [4.69, 9.17) is 16.6 Å². The van der Waals surface area contributed by atoms with Crippen molar-refractivity contribution >= 4 is 19.2 Å². The molecule has 3 rings (SSSR count). The maximum atomic E-state index is 7.49. The molecule has 2 aliphatic rings. The average molecular weight is 271 g/mol. The molecule has 0 aromatic carbocycles. The van der Waals surface area contributed by atoms with Crippen LogP contribution in [0.2, 0.25) is 0 Å². The number of nitrogens with two attached hydrogens (primary N) is 2. The average Bonchev–Trinajstić information content (AvgIpc) is 2.35. The lowest BCUT2D eigenvalue weighted by atomic mass is 10.0. The van der Waals surface area contributed by atoms with Gasteiger partial charge in [-0.3, -0.25) is 4.98 Å². The maximum Gasteiger partial charge on any atom is 0.143 e. The minimum absolute atomic E-state index is 0.721. The number of rotatable bonds is 2. The third-order valence-corrected chi connectivity index (χ3v) is 6.48. The molecule has 0 aliphatic carbocycles. The third-order valence-electron chi connectivity index (χ3n) is 3.49. The van der Waals surface area contributed by atoms with Gasteiger partial charge in [0.05, 0.1) is 11.3 Å². The van der Waals surface area contributed by atoms with Crippen molar-refractivity contribution in [2.45, 2.75) is 6.92 Å². The van der Waals surface area contributed by atoms with Gasteiger partial charge in [0.2, 0.25) is 0 Å². The molecule has 4 nitrogen and oxygen atoms in total. The van der Waals surface area contributed by atoms with Crippen molar-refractivity contribution in [3.63, 3.8) is 0 Å². The van der Waals surface area contributed by atoms with Gasteiger partial charge in [0.1, 0.15) is 24.7 Å². The van der Waals surface area contributed by atoms with E-state index in [0.717, 1.165) is 39.6 Å². The predicted molar refractivity (Wildman–Crippen MR) is 81.0 cm³/mol. The largest absolute Gasteiger partial charge is 0.396 e. The second-order valence-electron chi connectivity index (χ2n) is 4.98. The summed E-state index contributed by atoms with van der Waals surface area (Å²) in [6, 6.07) is 4.01. The molecule has 0 amide bonds. The van der Waals surface area contributed by atoms with E-state index in [-0.39, 0.29) is 0 Å². The minimum Gasteiger partial charge on any atom is -0.396 e. The van der Waals surface area contributed by atoms with Crippen LogP contribution in [0.15, 0.2) is 46.8 Å². The normalized spacial score (nSPS) is 25.2. The quantitative estimate of drug-likeness (QED) is 0.570. The summed E-state index contributed by atoms with van der Waals surface area (Å²) in [5, 5.41) is 8.60. The summed E-state index contributed by atoms with van der Waals surface area (Å²) < 4.78 is 0. The molecule has 0 saturated heterocycles. The first kappa shape index (κ1) is 12.3. The van der Waals surface area contributed by atoms with Crippen LogP contribution >= 0.6 is 7.41 Å². The Bertz CT molecular complexity index is 655. The van der Waals surface area contributed by atoms with Gasteiger partial charge in [0.15, 0.2) is 0 Å². The van der Waals surface area contributed by atoms with E-state index in [1.165, 1.54) is 6.21 Å². The molecule has 19 heavy (non-hydrogen) atoms. The zero-order chi connectivity index (χ0) is 13.6. The first-order valence-corrected chi connectivity index (χ1v) is 8.19. The molecule has 3 heterocycles. The first-order valence-electron chi connectivity index (χ1n) is 6.07. The number of aromatic nitrogens is 1. The summed E-state index contributed by atoms with van der Waals surface area (Å²) in [5.74, 6) is 1.99. The smallest absolute Gasteiger partial charge is 0.143 e. The van der Waals surface area contributed by atoms with Crippen molar-refractivity contribution in [2.24, 2.45) is 11.2 Å². The lowest BCUT2D eigenvalue weighted by Gasteiger charge is -2.35. The summed E-state index contributed by atoms with van der Waals surface area (Å²) in [4.78, 5) is 4.33. The van der Waals surface area contributed by atoms with Gasteiger partial charge in [0, 0.05) is 29.2 Å². The van der Waals surface area contributed by atoms with Crippen LogP contribution in [0.1, 0.15) is 11.3 Å². The highest BCUT2D eigenvalue weighted by molar-refractivity contribution is 7.83. The van der Waals surface area contributed by atoms with Crippen LogP contribution in [-0.2, 0) is 0 Å². The Kier molecular flexibility index (Phi) is 2.66. The standard InChI is InChI=1S/C14H16N4P/c1-9-2-3-10(6-18-9)13-4-12(16)8-19(17)7-11(5-15)14(13)19/h2-6,8,15H,7,16-17H2,1H3/q+1. The first-order chi connectivity index (χ1) is 9.03. The Balaban J connectivity index is 2.16. The Morgan fingerprint density at radius 2 is 2.21 bits per heavy atom. The molecule has 0 bridgehead atoms. The zero-order valence-electron chi connectivity index (χ0n) is 10.7. The summed E-state index contributed by atoms with van der Waals surface area (Å²) in [7, 11) is -1.76. The third kappa shape index (κ3) is 1.84. The van der Waals surface area contributed by atoms with E-state index >= 15 is 0 Å². The Labute approximate surface area is 112 Å². The van der Waals surface area contributed by atoms with Crippen molar-refractivity contribution in [1.29, 1.82) is 5.41 Å². The highest BCUT2D eigenvalue weighted by atomic mass is 31.2. The number of nitrogens with zero attached hydrogens (tertiary/aromatic N) is 1. The molecule has 0 radical (unpaired) electrons. The lowest BCUT2D eigenvalue weighted by Crippen LogP contribution is -2.26. The molecule has 1 unspecified atom stereocenters. The fourth-order valence-corrected chi connectivity index (χ4v) is 5.47. The van der Waals surface area contributed by atoms with Crippen molar-refractivity contribution < 1.29 is 0 Å². The number of aryl methyl sites for hydroxylation is 1. The van der Waals surface area contributed by atoms with E-state index in [1.54, 1.807) is 0 Å². The second kappa shape index (κ2) is 4.12. The summed E-state index contributed by atoms with van der Waals surface area (Å²) >= 11 is 0. The van der Waals surface area contributed by atoms with Crippen LogP contribution in [0.3, 0.4) is 0 Å². The van der Waals surface area contributed by atoms with E-state index < -0.39 is 7.41 Å². The van der Waals surface area contributed by atoms with E-state index in [9.17, 15) is 0 Å². The predicted octanol–water partition coefficient (Wildman–Crippen LogP) is 2.40. The highest BCUT2D eigenvalue weighted by Crippen LogP contribution is 2.74. The Hall–Kier alpha value is -1.77. The zero-order valence-corrected chi connectivity index (χ0v) is 11.6. The Morgan fingerprint density at radius 1 is 1.42 bits per heavy atom. The molecule has 96 valence electrons. The minimum atomic E-state index is -1.76. The van der Waals surface area contributed by atoms with Gasteiger partial charge in [-0.15, -0.1) is 0 Å². The highest BCUT2D eigenvalue weighted by Gasteiger charge is 2.52. The van der Waals surface area contributed by atoms with Crippen molar-refractivity contribution in [1.82, 2.24) is 4.98 Å². The van der Waals surface area contributed by atoms with E-state index in [2.05, 4.69) is 4.98 Å². The SMILES string of the molecule is Cc1ccc(C2=CC(N)=C[P+]3(N)CC(C=N)=C23)cn1. The number of pyridine rings is 1. The van der Waals surface area contributed by atoms with Crippen LogP contribution in [-0.4, -0.2) is 17.4 Å². The number of nitrogens with one attached hydrogen (secondary N) is 1.